The zero-order valence-corrected chi connectivity index (χ0v) is 10.9. The molecule has 0 unspecified atom stereocenters. The first-order valence-corrected chi connectivity index (χ1v) is 6.10. The molecule has 5 heteroatoms. The fourth-order valence-electron chi connectivity index (χ4n) is 1.99. The van der Waals surface area contributed by atoms with E-state index in [1.54, 1.807) is 0 Å². The lowest BCUT2D eigenvalue weighted by atomic mass is 10.0. The molecule has 5 nitrogen and oxygen atoms in total. The molecule has 3 rings (SSSR count). The minimum absolute atomic E-state index is 0.168. The molecule has 1 saturated heterocycles. The lowest BCUT2D eigenvalue weighted by molar-refractivity contribution is 0.177. The van der Waals surface area contributed by atoms with Gasteiger partial charge in [0.05, 0.1) is 11.5 Å². The van der Waals surface area contributed by atoms with Crippen molar-refractivity contribution in [1.29, 1.82) is 0 Å². The number of alkyl carbamates (subject to hydrolysis) is 1. The number of nitrogens with one attached hydrogen (secondary N) is 2. The van der Waals surface area contributed by atoms with Crippen molar-refractivity contribution in [3.63, 3.8) is 0 Å². The number of aromatic nitrogens is 1. The van der Waals surface area contributed by atoms with E-state index in [1.807, 2.05) is 0 Å². The van der Waals surface area contributed by atoms with E-state index in [2.05, 4.69) is 4.74 Å². The molecule has 0 saturated carbocycles. The number of hydrogen-bond acceptors (Lipinski definition) is 3. The number of nitrogens with zero attached hydrogens (tertiary/aromatic N) is 1. The van der Waals surface area contributed by atoms with E-state index in [0.29, 0.717) is 4.98 Å². The Labute approximate surface area is 144 Å². The summed E-state index contributed by atoms with van der Waals surface area (Å²) in [4.78, 5) is 11.9. The Balaban J connectivity index is 2.18. The molecule has 0 bridgehead atoms. The molecule has 0 spiro atoms. The van der Waals surface area contributed by atoms with Crippen molar-refractivity contribution in [3.8, 4) is 0 Å². The molecular formula is C16H21N3O2. The fourth-order valence-corrected chi connectivity index (χ4v) is 1.99. The van der Waals surface area contributed by atoms with Crippen LogP contribution < -0.4 is 5.31 Å². The predicted molar refractivity (Wildman–Crippen MR) is 82.5 cm³/mol. The number of carbonyl (C=O) groups excluding carboxylic acids is 1. The maximum Gasteiger partial charge on any atom is 0.407 e. The van der Waals surface area contributed by atoms with Gasteiger partial charge in [0, 0.05) is 34.6 Å². The van der Waals surface area contributed by atoms with Gasteiger partial charge in [-0.05, 0) is 50.0 Å². The van der Waals surface area contributed by atoms with Gasteiger partial charge in [-0.1, -0.05) is 6.04 Å². The molecule has 2 heterocycles. The number of benzene rings is 1. The maximum atomic E-state index is 11.6. The van der Waals surface area contributed by atoms with Crippen LogP contribution in [0.1, 0.15) is 27.6 Å². The zero-order valence-electron chi connectivity index (χ0n) is 24.9. The highest BCUT2D eigenvalue weighted by molar-refractivity contribution is 5.84. The third-order valence-corrected chi connectivity index (χ3v) is 2.94. The van der Waals surface area contributed by atoms with Crippen LogP contribution in [-0.2, 0) is 17.6 Å². The van der Waals surface area contributed by atoms with Gasteiger partial charge in [-0.15, -0.1) is 0 Å². The molecule has 0 aliphatic carbocycles. The Bertz CT molecular complexity index is 1160. The largest absolute Gasteiger partial charge is 0.447 e. The average Bonchev–Trinajstić information content (AvgIpc) is 3.11. The predicted octanol–water partition coefficient (Wildman–Crippen LogP) is 1.92. The van der Waals surface area contributed by atoms with Crippen LogP contribution in [0.2, 0.25) is 2.82 Å². The van der Waals surface area contributed by atoms with E-state index in [4.69, 9.17) is 19.3 Å². The molecule has 2 N–H and O–H groups in total. The highest BCUT2D eigenvalue weighted by Crippen LogP contribution is 2.21. The first-order valence-electron chi connectivity index (χ1n) is 13.0. The number of amides is 1. The minimum atomic E-state index is -3.36. The number of likely N-dealkylation sites (N-methyl/N-ethyl adjacent to an activating group) is 1. The van der Waals surface area contributed by atoms with Crippen LogP contribution in [0.25, 0.3) is 10.9 Å². The smallest absolute Gasteiger partial charge is 0.407 e. The molecule has 1 atom stereocenters. The van der Waals surface area contributed by atoms with Crippen molar-refractivity contribution >= 4 is 17.0 Å². The number of ether oxygens (including phenoxy) is 1. The number of hydrogen-bond donors (Lipinski definition) is 2. The van der Waals surface area contributed by atoms with Gasteiger partial charge in [0.2, 0.25) is 0 Å². The molecule has 1 amide bonds. The molecule has 1 fully saturated rings. The number of aryl methyl sites for hydroxylation is 1. The van der Waals surface area contributed by atoms with E-state index in [9.17, 15) is 4.79 Å². The first kappa shape index (κ1) is 5.02. The van der Waals surface area contributed by atoms with E-state index in [0.717, 1.165) is 6.20 Å². The second kappa shape index (κ2) is 5.77. The van der Waals surface area contributed by atoms with Gasteiger partial charge < -0.3 is 19.9 Å². The quantitative estimate of drug-likeness (QED) is 0.887. The first-order chi connectivity index (χ1) is 15.7. The molecule has 1 aliphatic rings. The average molecular weight is 301 g/mol. The van der Waals surface area contributed by atoms with Gasteiger partial charge in [0.1, 0.15) is 6.61 Å². The van der Waals surface area contributed by atoms with Gasteiger partial charge in [0.25, 0.3) is 0 Å². The van der Waals surface area contributed by atoms with E-state index >= 15 is 0 Å². The van der Waals surface area contributed by atoms with Crippen LogP contribution in [0, 0.1) is 0 Å². The summed E-state index contributed by atoms with van der Waals surface area (Å²) in [5.41, 5.74) is -0.687. The van der Waals surface area contributed by atoms with Gasteiger partial charge in [-0.25, -0.2) is 4.79 Å². The molecule has 2 aromatic rings. The summed E-state index contributed by atoms with van der Waals surface area (Å²) < 4.78 is 116. The van der Waals surface area contributed by atoms with Crippen molar-refractivity contribution in [3.05, 3.63) is 35.5 Å². The molecule has 1 aromatic heterocycles. The van der Waals surface area contributed by atoms with Crippen molar-refractivity contribution in [2.45, 2.75) is 18.9 Å². The van der Waals surface area contributed by atoms with Crippen LogP contribution in [0.3, 0.4) is 0 Å². The molecule has 1 aromatic carbocycles. The summed E-state index contributed by atoms with van der Waals surface area (Å²) in [5, 5.41) is 0.0284. The molecular weight excluding hydrogens is 266 g/mol. The van der Waals surface area contributed by atoms with Crippen LogP contribution in [-0.4, -0.2) is 49.0 Å². The van der Waals surface area contributed by atoms with Gasteiger partial charge in [-0.3, -0.25) is 0 Å². The summed E-state index contributed by atoms with van der Waals surface area (Å²) in [5.74, 6) is 0. The zero-order chi connectivity index (χ0) is 26.9. The summed E-state index contributed by atoms with van der Waals surface area (Å²) in [6, 6.07) is -3.61. The minimum Gasteiger partial charge on any atom is -0.447 e. The van der Waals surface area contributed by atoms with Crippen LogP contribution in [0.5, 0.6) is 0 Å². The number of fused-ring (bicyclic) bond motifs is 1. The van der Waals surface area contributed by atoms with Crippen LogP contribution in [0.4, 0.5) is 4.79 Å². The lowest BCUT2D eigenvalue weighted by Crippen LogP contribution is -2.28. The van der Waals surface area contributed by atoms with E-state index < -0.39 is 70.1 Å². The highest BCUT2D eigenvalue weighted by atomic mass is 16.6. The summed E-state index contributed by atoms with van der Waals surface area (Å²) in [6.07, 6.45) is -1.57. The number of rotatable bonds is 5. The SMILES string of the molecule is [2H]c1c(C[C@@]2([2H])COC(=O)N2[2H])c([2H])c2c(CC([2H])([2H])N(C([2H])([2H])[2H])C([2H])([2H])[2H])cn([2H])c2c1[2H]. The molecule has 0 radical (unpaired) electrons. The summed E-state index contributed by atoms with van der Waals surface area (Å²) in [6.45, 7) is -10.3. The van der Waals surface area contributed by atoms with Crippen LogP contribution >= 0.6 is 0 Å². The number of H-pyrrole nitrogens is 1. The third kappa shape index (κ3) is 3.19. The molecule has 112 valence electrons. The second-order valence-electron chi connectivity index (χ2n) is 4.44. The second-order valence-corrected chi connectivity index (χ2v) is 4.44. The Morgan fingerprint density at radius 2 is 2.57 bits per heavy atom. The Morgan fingerprint density at radius 3 is 3.33 bits per heavy atom. The van der Waals surface area contributed by atoms with E-state index in [-0.39, 0.29) is 32.2 Å². The van der Waals surface area contributed by atoms with Crippen molar-refractivity contribution in [2.24, 2.45) is 0 Å². The Kier molecular flexibility index (Phi) is 1.38. The topological polar surface area (TPSA) is 57.4 Å². The lowest BCUT2D eigenvalue weighted by Gasteiger charge is -2.09. The highest BCUT2D eigenvalue weighted by Gasteiger charge is 2.22. The van der Waals surface area contributed by atoms with Crippen molar-refractivity contribution in [1.82, 2.24) is 15.2 Å². The number of cyclic esters (lactones) is 1. The normalized spacial score (nSPS) is 33.8. The summed E-state index contributed by atoms with van der Waals surface area (Å²) in [7, 11) is 0. The van der Waals surface area contributed by atoms with Crippen LogP contribution in [0.15, 0.2) is 24.3 Å². The van der Waals surface area contributed by atoms with Gasteiger partial charge in [0.15, 0.2) is 2.82 Å². The standard InChI is InChI=1S/C16H21N3O2/c1-19(2)6-5-12-9-17-15-4-3-11(8-14(12)15)7-13-10-21-16(20)18-13/h3-4,8-9,13,17H,5-7,10H2,1-2H3,(H,18,20)/t13-/m0/s1/i1D3,2D3,3D,4D,6D2,8D,13D/hD2. The van der Waals surface area contributed by atoms with Gasteiger partial charge >= 0.3 is 6.09 Å². The fraction of sp³-hybridized carbons (Fsp3) is 0.438. The molecule has 1 aliphatic heterocycles. The third-order valence-electron chi connectivity index (χ3n) is 2.94. The van der Waals surface area contributed by atoms with Gasteiger partial charge in [-0.2, -0.15) is 0 Å². The van der Waals surface area contributed by atoms with E-state index in [1.165, 1.54) is 0 Å². The van der Waals surface area contributed by atoms with Crippen molar-refractivity contribution in [2.75, 3.05) is 27.1 Å². The monoisotopic (exact) mass is 301 g/mol. The number of carbonyl (C=O) groups is 1. The number of aromatic amines is 1. The Morgan fingerprint density at radius 1 is 1.67 bits per heavy atom. The van der Waals surface area contributed by atoms with Crippen molar-refractivity contribution < 1.29 is 28.8 Å². The maximum absolute atomic E-state index is 11.6. The molecule has 21 heavy (non-hydrogen) atoms. The summed E-state index contributed by atoms with van der Waals surface area (Å²) >= 11 is 0. The Hall–Kier alpha value is -2.01.